The van der Waals surface area contributed by atoms with E-state index in [4.69, 9.17) is 15.6 Å². The molecule has 0 saturated carbocycles. The second-order valence-corrected chi connectivity index (χ2v) is 3.16. The van der Waals surface area contributed by atoms with E-state index in [1.54, 1.807) is 0 Å². The molecule has 0 spiro atoms. The Labute approximate surface area is 64.1 Å². The van der Waals surface area contributed by atoms with Gasteiger partial charge >= 0.3 is 0 Å². The summed E-state index contributed by atoms with van der Waals surface area (Å²) in [5, 5.41) is 21.5. The molecule has 5 N–H and O–H groups in total. The molecule has 0 amide bonds. The average Bonchev–Trinajstić information content (AvgIpc) is 2.42. The van der Waals surface area contributed by atoms with E-state index in [-0.39, 0.29) is 12.6 Å². The fraction of sp³-hybridized carbons (Fsp3) is 1.00. The van der Waals surface area contributed by atoms with E-state index in [0.29, 0.717) is 6.54 Å². The third-order valence-corrected chi connectivity index (χ3v) is 2.51. The van der Waals surface area contributed by atoms with Gasteiger partial charge in [0.05, 0.1) is 12.6 Å². The molecule has 5 heteroatoms. The van der Waals surface area contributed by atoms with Gasteiger partial charge < -0.3 is 26.0 Å². The van der Waals surface area contributed by atoms with Gasteiger partial charge in [-0.3, -0.25) is 0 Å². The van der Waals surface area contributed by atoms with E-state index in [1.807, 2.05) is 0 Å². The van der Waals surface area contributed by atoms with Crippen LogP contribution in [-0.4, -0.2) is 47.3 Å². The summed E-state index contributed by atoms with van der Waals surface area (Å²) in [5.41, 5.74) is 4.67. The second kappa shape index (κ2) is 2.15. The molecule has 2 saturated heterocycles. The zero-order valence-corrected chi connectivity index (χ0v) is 6.03. The largest absolute Gasteiger partial charge is 0.393 e. The van der Waals surface area contributed by atoms with Crippen molar-refractivity contribution in [1.82, 2.24) is 5.32 Å². The molecule has 0 aliphatic carbocycles. The SMILES string of the molecule is N[C@@H]1O[C@@]2(CO)CN[C@H]1C2O. The molecule has 2 heterocycles. The Morgan fingerprint density at radius 3 is 2.73 bits per heavy atom. The van der Waals surface area contributed by atoms with Crippen molar-refractivity contribution in [1.29, 1.82) is 0 Å². The maximum atomic E-state index is 9.52. The van der Waals surface area contributed by atoms with E-state index in [1.165, 1.54) is 0 Å². The minimum Gasteiger partial charge on any atom is -0.393 e. The van der Waals surface area contributed by atoms with Gasteiger partial charge in [0.1, 0.15) is 17.9 Å². The van der Waals surface area contributed by atoms with Crippen molar-refractivity contribution >= 4 is 0 Å². The Morgan fingerprint density at radius 2 is 2.45 bits per heavy atom. The van der Waals surface area contributed by atoms with E-state index in [2.05, 4.69) is 5.32 Å². The first kappa shape index (κ1) is 7.45. The molecule has 64 valence electrons. The van der Waals surface area contributed by atoms with Crippen molar-refractivity contribution in [2.24, 2.45) is 5.73 Å². The highest BCUT2D eigenvalue weighted by atomic mass is 16.6. The van der Waals surface area contributed by atoms with Crippen molar-refractivity contribution in [2.45, 2.75) is 24.0 Å². The number of fused-ring (bicyclic) bond motifs is 2. The summed E-state index contributed by atoms with van der Waals surface area (Å²) in [4.78, 5) is 0. The summed E-state index contributed by atoms with van der Waals surface area (Å²) in [7, 11) is 0. The van der Waals surface area contributed by atoms with Crippen LogP contribution < -0.4 is 11.1 Å². The summed E-state index contributed by atoms with van der Waals surface area (Å²) < 4.78 is 5.22. The van der Waals surface area contributed by atoms with Gasteiger partial charge in [-0.05, 0) is 0 Å². The molecule has 2 fully saturated rings. The smallest absolute Gasteiger partial charge is 0.133 e. The van der Waals surface area contributed by atoms with E-state index in [9.17, 15) is 5.11 Å². The summed E-state index contributed by atoms with van der Waals surface area (Å²) in [6.07, 6.45) is -1.17. The van der Waals surface area contributed by atoms with Crippen LogP contribution in [0.2, 0.25) is 0 Å². The Kier molecular flexibility index (Phi) is 1.45. The van der Waals surface area contributed by atoms with Gasteiger partial charge in [0.25, 0.3) is 0 Å². The van der Waals surface area contributed by atoms with Crippen LogP contribution in [0, 0.1) is 0 Å². The molecular weight excluding hydrogens is 148 g/mol. The van der Waals surface area contributed by atoms with Gasteiger partial charge in [0, 0.05) is 6.54 Å². The molecular formula is C6H12N2O3. The lowest BCUT2D eigenvalue weighted by atomic mass is 10.0. The molecule has 4 atom stereocenters. The second-order valence-electron chi connectivity index (χ2n) is 3.16. The topological polar surface area (TPSA) is 87.7 Å². The molecule has 2 rings (SSSR count). The van der Waals surface area contributed by atoms with E-state index < -0.39 is 17.9 Å². The maximum absolute atomic E-state index is 9.52. The number of hydrogen-bond acceptors (Lipinski definition) is 5. The van der Waals surface area contributed by atoms with Gasteiger partial charge in [-0.25, -0.2) is 0 Å². The highest BCUT2D eigenvalue weighted by molar-refractivity contribution is 5.11. The summed E-state index contributed by atoms with van der Waals surface area (Å²) >= 11 is 0. The lowest BCUT2D eigenvalue weighted by Gasteiger charge is -2.27. The van der Waals surface area contributed by atoms with Crippen LogP contribution in [0.4, 0.5) is 0 Å². The van der Waals surface area contributed by atoms with Crippen LogP contribution in [0.25, 0.3) is 0 Å². The first-order valence-corrected chi connectivity index (χ1v) is 3.65. The number of ether oxygens (including phenoxy) is 1. The maximum Gasteiger partial charge on any atom is 0.133 e. The predicted molar refractivity (Wildman–Crippen MR) is 36.7 cm³/mol. The number of nitrogens with two attached hydrogens (primary N) is 1. The Bertz CT molecular complexity index is 177. The first-order chi connectivity index (χ1) is 5.19. The van der Waals surface area contributed by atoms with Crippen LogP contribution in [0.15, 0.2) is 0 Å². The molecule has 11 heavy (non-hydrogen) atoms. The molecule has 0 aromatic heterocycles. The fourth-order valence-corrected chi connectivity index (χ4v) is 1.77. The summed E-state index contributed by atoms with van der Waals surface area (Å²) in [6, 6.07) is -0.220. The minimum absolute atomic E-state index is 0.189. The van der Waals surface area contributed by atoms with Crippen molar-refractivity contribution in [3.8, 4) is 0 Å². The van der Waals surface area contributed by atoms with Gasteiger partial charge in [0.2, 0.25) is 0 Å². The van der Waals surface area contributed by atoms with Crippen molar-refractivity contribution in [2.75, 3.05) is 13.2 Å². The highest BCUT2D eigenvalue weighted by Gasteiger charge is 2.58. The molecule has 0 aromatic carbocycles. The van der Waals surface area contributed by atoms with Crippen LogP contribution in [0.5, 0.6) is 0 Å². The number of hydrogen-bond donors (Lipinski definition) is 4. The van der Waals surface area contributed by atoms with Gasteiger partial charge in [-0.15, -0.1) is 0 Å². The van der Waals surface area contributed by atoms with Crippen LogP contribution in [0.3, 0.4) is 0 Å². The van der Waals surface area contributed by atoms with Gasteiger partial charge in [-0.2, -0.15) is 0 Å². The summed E-state index contributed by atoms with van der Waals surface area (Å²) in [5.74, 6) is 0. The number of rotatable bonds is 1. The molecule has 2 aliphatic rings. The normalized spacial score (nSPS) is 55.4. The fourth-order valence-electron chi connectivity index (χ4n) is 1.77. The lowest BCUT2D eigenvalue weighted by Crippen LogP contribution is -2.50. The third kappa shape index (κ3) is 0.771. The van der Waals surface area contributed by atoms with Crippen LogP contribution >= 0.6 is 0 Å². The number of morpholine rings is 1. The molecule has 1 unspecified atom stereocenters. The van der Waals surface area contributed by atoms with Crippen LogP contribution in [0.1, 0.15) is 0 Å². The van der Waals surface area contributed by atoms with Crippen molar-refractivity contribution in [3.05, 3.63) is 0 Å². The molecule has 5 nitrogen and oxygen atoms in total. The monoisotopic (exact) mass is 160 g/mol. The zero-order valence-electron chi connectivity index (χ0n) is 6.03. The van der Waals surface area contributed by atoms with Gasteiger partial charge in [-0.1, -0.05) is 0 Å². The zero-order chi connectivity index (χ0) is 8.06. The Balaban J connectivity index is 2.24. The Hall–Kier alpha value is -0.200. The quantitative estimate of drug-likeness (QED) is 0.337. The lowest BCUT2D eigenvalue weighted by molar-refractivity contribution is -0.107. The number of nitrogens with one attached hydrogen (secondary N) is 1. The van der Waals surface area contributed by atoms with Crippen LogP contribution in [-0.2, 0) is 4.74 Å². The van der Waals surface area contributed by atoms with Gasteiger partial charge in [0.15, 0.2) is 0 Å². The van der Waals surface area contributed by atoms with E-state index in [0.717, 1.165) is 0 Å². The summed E-state index contributed by atoms with van der Waals surface area (Å²) in [6.45, 7) is 0.286. The predicted octanol–water partition coefficient (Wildman–Crippen LogP) is -2.63. The minimum atomic E-state index is -0.843. The van der Waals surface area contributed by atoms with E-state index >= 15 is 0 Å². The standard InChI is InChI=1S/C6H12N2O3/c7-5-3-4(10)6(2-9,11-5)1-8-3/h3-5,8-10H,1-2,7H2/t3-,4?,5+,6+/m0/s1. The molecule has 0 radical (unpaired) electrons. The molecule has 2 bridgehead atoms. The number of aliphatic hydroxyl groups excluding tert-OH is 2. The highest BCUT2D eigenvalue weighted by Crippen LogP contribution is 2.33. The Morgan fingerprint density at radius 1 is 1.73 bits per heavy atom. The first-order valence-electron chi connectivity index (χ1n) is 3.65. The third-order valence-electron chi connectivity index (χ3n) is 2.51. The average molecular weight is 160 g/mol. The molecule has 2 aliphatic heterocycles. The molecule has 0 aromatic rings. The van der Waals surface area contributed by atoms with Crippen molar-refractivity contribution in [3.63, 3.8) is 0 Å². The van der Waals surface area contributed by atoms with Crippen molar-refractivity contribution < 1.29 is 14.9 Å². The number of aliphatic hydroxyl groups is 2.